The van der Waals surface area contributed by atoms with Crippen molar-refractivity contribution in [1.82, 2.24) is 0 Å². The van der Waals surface area contributed by atoms with Crippen LogP contribution in [-0.4, -0.2) is 0 Å². The lowest BCUT2D eigenvalue weighted by Crippen LogP contribution is -1.94. The van der Waals surface area contributed by atoms with Crippen molar-refractivity contribution >= 4 is 13.5 Å². The minimum Gasteiger partial charge on any atom is -0.197 e. The van der Waals surface area contributed by atoms with E-state index in [4.69, 9.17) is 0 Å². The van der Waals surface area contributed by atoms with E-state index in [1.165, 1.54) is 38.5 Å². The normalized spacial score (nSPS) is 9.73. The monoisotopic (exact) mass is 224 g/mol. The molecule has 0 nitrogen and oxygen atoms in total. The van der Waals surface area contributed by atoms with Crippen LogP contribution in [0.3, 0.4) is 0 Å². The molecule has 1 heteroatoms. The fourth-order valence-electron chi connectivity index (χ4n) is 1.78. The van der Waals surface area contributed by atoms with Crippen LogP contribution < -0.4 is 0 Å². The SMILES string of the molecule is CCCCc1ccccc1CCCC.S. The molecule has 0 aliphatic heterocycles. The van der Waals surface area contributed by atoms with Crippen LogP contribution in [0.1, 0.15) is 50.7 Å². The maximum Gasteiger partial charge on any atom is -0.0276 e. The molecule has 0 unspecified atom stereocenters. The van der Waals surface area contributed by atoms with E-state index in [1.807, 2.05) is 0 Å². The van der Waals surface area contributed by atoms with Crippen molar-refractivity contribution in [3.8, 4) is 0 Å². The minimum atomic E-state index is 0. The van der Waals surface area contributed by atoms with Crippen molar-refractivity contribution in [2.24, 2.45) is 0 Å². The van der Waals surface area contributed by atoms with Crippen molar-refractivity contribution in [2.75, 3.05) is 0 Å². The Kier molecular flexibility index (Phi) is 8.59. The van der Waals surface area contributed by atoms with Crippen molar-refractivity contribution in [1.29, 1.82) is 0 Å². The molecular weight excluding hydrogens is 200 g/mol. The summed E-state index contributed by atoms with van der Waals surface area (Å²) in [4.78, 5) is 0. The first kappa shape index (κ1) is 14.6. The van der Waals surface area contributed by atoms with Gasteiger partial charge in [0.05, 0.1) is 0 Å². The number of hydrogen-bond donors (Lipinski definition) is 0. The van der Waals surface area contributed by atoms with E-state index in [-0.39, 0.29) is 13.5 Å². The summed E-state index contributed by atoms with van der Waals surface area (Å²) in [5, 5.41) is 0. The molecule has 15 heavy (non-hydrogen) atoms. The summed E-state index contributed by atoms with van der Waals surface area (Å²) in [6, 6.07) is 8.92. The zero-order valence-corrected chi connectivity index (χ0v) is 11.1. The molecule has 0 heterocycles. The van der Waals surface area contributed by atoms with Crippen molar-refractivity contribution in [3.05, 3.63) is 35.4 Å². The number of hydrogen-bond acceptors (Lipinski definition) is 0. The molecular formula is C14H24S. The number of benzene rings is 1. The highest BCUT2D eigenvalue weighted by atomic mass is 32.1. The minimum absolute atomic E-state index is 0. The van der Waals surface area contributed by atoms with Gasteiger partial charge in [0, 0.05) is 0 Å². The molecule has 0 aliphatic rings. The molecule has 86 valence electrons. The zero-order chi connectivity index (χ0) is 10.2. The van der Waals surface area contributed by atoms with E-state index in [0.717, 1.165) is 0 Å². The van der Waals surface area contributed by atoms with E-state index in [2.05, 4.69) is 38.1 Å². The Bertz CT molecular complexity index is 228. The highest BCUT2D eigenvalue weighted by molar-refractivity contribution is 7.59. The summed E-state index contributed by atoms with van der Waals surface area (Å²) in [5.74, 6) is 0. The summed E-state index contributed by atoms with van der Waals surface area (Å²) >= 11 is 0. The van der Waals surface area contributed by atoms with Crippen LogP contribution in [0.4, 0.5) is 0 Å². The smallest absolute Gasteiger partial charge is 0.0276 e. The molecule has 0 atom stereocenters. The Morgan fingerprint density at radius 3 is 1.53 bits per heavy atom. The van der Waals surface area contributed by atoms with Crippen molar-refractivity contribution in [3.63, 3.8) is 0 Å². The first-order chi connectivity index (χ1) is 6.88. The molecule has 0 amide bonds. The van der Waals surface area contributed by atoms with Gasteiger partial charge in [-0.15, -0.1) is 0 Å². The molecule has 0 bridgehead atoms. The first-order valence-electron chi connectivity index (χ1n) is 5.95. The summed E-state index contributed by atoms with van der Waals surface area (Å²) in [6.07, 6.45) is 7.75. The highest BCUT2D eigenvalue weighted by Crippen LogP contribution is 2.14. The Balaban J connectivity index is 0.00000196. The van der Waals surface area contributed by atoms with Gasteiger partial charge >= 0.3 is 0 Å². The average Bonchev–Trinajstić information content (AvgIpc) is 2.24. The van der Waals surface area contributed by atoms with Crippen LogP contribution in [0.25, 0.3) is 0 Å². The Morgan fingerprint density at radius 2 is 1.20 bits per heavy atom. The van der Waals surface area contributed by atoms with Gasteiger partial charge in [0.2, 0.25) is 0 Å². The van der Waals surface area contributed by atoms with Crippen LogP contribution in [-0.2, 0) is 12.8 Å². The van der Waals surface area contributed by atoms with E-state index in [0.29, 0.717) is 0 Å². The van der Waals surface area contributed by atoms with Gasteiger partial charge in [0.15, 0.2) is 0 Å². The molecule has 1 aromatic rings. The molecule has 1 aromatic carbocycles. The largest absolute Gasteiger partial charge is 0.197 e. The third-order valence-electron chi connectivity index (χ3n) is 2.72. The standard InChI is InChI=1S/C14H22.H2S/c1-3-5-9-13-11-7-8-12-14(13)10-6-4-2;/h7-8,11-12H,3-6,9-10H2,1-2H3;1H2. The van der Waals surface area contributed by atoms with Gasteiger partial charge in [-0.25, -0.2) is 0 Å². The second-order valence-corrected chi connectivity index (χ2v) is 3.98. The predicted molar refractivity (Wildman–Crippen MR) is 74.0 cm³/mol. The number of rotatable bonds is 6. The van der Waals surface area contributed by atoms with Crippen LogP contribution in [0.15, 0.2) is 24.3 Å². The summed E-state index contributed by atoms with van der Waals surface area (Å²) in [6.45, 7) is 4.52. The lowest BCUT2D eigenvalue weighted by molar-refractivity contribution is 0.758. The van der Waals surface area contributed by atoms with Crippen LogP contribution in [0, 0.1) is 0 Å². The summed E-state index contributed by atoms with van der Waals surface area (Å²) in [7, 11) is 0. The Morgan fingerprint density at radius 1 is 0.800 bits per heavy atom. The van der Waals surface area contributed by atoms with Gasteiger partial charge in [-0.3, -0.25) is 0 Å². The van der Waals surface area contributed by atoms with Gasteiger partial charge in [0.1, 0.15) is 0 Å². The van der Waals surface area contributed by atoms with Gasteiger partial charge in [0.25, 0.3) is 0 Å². The summed E-state index contributed by atoms with van der Waals surface area (Å²) < 4.78 is 0. The molecule has 0 saturated carbocycles. The van der Waals surface area contributed by atoms with E-state index in [1.54, 1.807) is 11.1 Å². The van der Waals surface area contributed by atoms with Crippen molar-refractivity contribution in [2.45, 2.75) is 52.4 Å². The Labute approximate surface area is 102 Å². The lowest BCUT2D eigenvalue weighted by Gasteiger charge is -2.07. The van der Waals surface area contributed by atoms with Crippen LogP contribution in [0.5, 0.6) is 0 Å². The molecule has 0 saturated heterocycles. The van der Waals surface area contributed by atoms with Crippen molar-refractivity contribution < 1.29 is 0 Å². The second-order valence-electron chi connectivity index (χ2n) is 3.98. The molecule has 0 fully saturated rings. The molecule has 0 aliphatic carbocycles. The second kappa shape index (κ2) is 8.84. The van der Waals surface area contributed by atoms with Crippen LogP contribution in [0.2, 0.25) is 0 Å². The fraction of sp³-hybridized carbons (Fsp3) is 0.571. The predicted octanol–water partition coefficient (Wildman–Crippen LogP) is 4.48. The van der Waals surface area contributed by atoms with Crippen LogP contribution >= 0.6 is 13.5 Å². The van der Waals surface area contributed by atoms with E-state index < -0.39 is 0 Å². The van der Waals surface area contributed by atoms with Gasteiger partial charge in [-0.2, -0.15) is 13.5 Å². The lowest BCUT2D eigenvalue weighted by atomic mass is 9.98. The maximum absolute atomic E-state index is 2.29. The van der Waals surface area contributed by atoms with Gasteiger partial charge < -0.3 is 0 Å². The number of aryl methyl sites for hydroxylation is 2. The van der Waals surface area contributed by atoms with E-state index >= 15 is 0 Å². The average molecular weight is 224 g/mol. The quantitative estimate of drug-likeness (QED) is 0.668. The molecule has 0 spiro atoms. The first-order valence-corrected chi connectivity index (χ1v) is 5.95. The molecule has 0 radical (unpaired) electrons. The molecule has 0 aromatic heterocycles. The zero-order valence-electron chi connectivity index (χ0n) is 10.1. The highest BCUT2D eigenvalue weighted by Gasteiger charge is 1.99. The third kappa shape index (κ3) is 5.27. The third-order valence-corrected chi connectivity index (χ3v) is 2.72. The Hall–Kier alpha value is -0.430. The number of unbranched alkanes of at least 4 members (excludes halogenated alkanes) is 2. The van der Waals surface area contributed by atoms with Gasteiger partial charge in [-0.1, -0.05) is 51.0 Å². The molecule has 1 rings (SSSR count). The molecule has 0 N–H and O–H groups in total. The maximum atomic E-state index is 2.29. The summed E-state index contributed by atoms with van der Waals surface area (Å²) in [5.41, 5.74) is 3.14. The topological polar surface area (TPSA) is 0 Å². The van der Waals surface area contributed by atoms with Gasteiger partial charge in [-0.05, 0) is 36.8 Å². The fourth-order valence-corrected chi connectivity index (χ4v) is 1.78. The van der Waals surface area contributed by atoms with E-state index in [9.17, 15) is 0 Å².